The van der Waals surface area contributed by atoms with E-state index in [1.807, 2.05) is 6.07 Å². The Morgan fingerprint density at radius 2 is 1.95 bits per heavy atom. The van der Waals surface area contributed by atoms with Crippen molar-refractivity contribution in [3.05, 3.63) is 39.7 Å². The SMILES string of the molecule is Nc1nc2nc(-c3ccc4c(c3)CNC4)[nH]c2c(=O)[nH]1. The number of rotatable bonds is 1. The number of nitrogens with zero attached hydrogens (tertiary/aromatic N) is 2. The molecular weight excluding hydrogens is 256 g/mol. The molecule has 0 amide bonds. The van der Waals surface area contributed by atoms with Crippen LogP contribution in [0.4, 0.5) is 5.95 Å². The highest BCUT2D eigenvalue weighted by molar-refractivity contribution is 5.76. The van der Waals surface area contributed by atoms with E-state index in [2.05, 4.69) is 37.4 Å². The Bertz CT molecular complexity index is 878. The van der Waals surface area contributed by atoms with Crippen LogP contribution in [0.3, 0.4) is 0 Å². The molecule has 1 aromatic carbocycles. The highest BCUT2D eigenvalue weighted by Gasteiger charge is 2.14. The maximum absolute atomic E-state index is 11.8. The third kappa shape index (κ3) is 1.60. The summed E-state index contributed by atoms with van der Waals surface area (Å²) >= 11 is 0. The smallest absolute Gasteiger partial charge is 0.278 e. The van der Waals surface area contributed by atoms with Crippen molar-refractivity contribution in [3.63, 3.8) is 0 Å². The average molecular weight is 268 g/mol. The number of nitrogens with one attached hydrogen (secondary N) is 3. The third-order valence-electron chi connectivity index (χ3n) is 3.49. The number of benzene rings is 1. The molecule has 5 N–H and O–H groups in total. The Labute approximate surface area is 113 Å². The summed E-state index contributed by atoms with van der Waals surface area (Å²) in [5.41, 5.74) is 9.36. The quantitative estimate of drug-likeness (QED) is 0.513. The van der Waals surface area contributed by atoms with Crippen molar-refractivity contribution in [1.29, 1.82) is 0 Å². The predicted molar refractivity (Wildman–Crippen MR) is 74.9 cm³/mol. The molecular formula is C13H12N6O. The Hall–Kier alpha value is -2.67. The Kier molecular flexibility index (Phi) is 2.19. The molecule has 0 bridgehead atoms. The zero-order valence-corrected chi connectivity index (χ0v) is 10.5. The fourth-order valence-electron chi connectivity index (χ4n) is 2.50. The Balaban J connectivity index is 1.90. The standard InChI is InChI=1S/C13H12N6O/c14-13-18-11-9(12(20)19-13)16-10(17-11)6-1-2-7-4-15-5-8(7)3-6/h1-3,15H,4-5H2,(H4,14,16,17,18,19,20). The first-order chi connectivity index (χ1) is 9.70. The molecule has 0 aliphatic carbocycles. The molecule has 3 aromatic rings. The summed E-state index contributed by atoms with van der Waals surface area (Å²) < 4.78 is 0. The van der Waals surface area contributed by atoms with E-state index in [1.54, 1.807) is 0 Å². The molecule has 3 heterocycles. The second-order valence-electron chi connectivity index (χ2n) is 4.82. The molecule has 0 unspecified atom stereocenters. The van der Waals surface area contributed by atoms with E-state index < -0.39 is 0 Å². The van der Waals surface area contributed by atoms with Crippen LogP contribution in [0.2, 0.25) is 0 Å². The van der Waals surface area contributed by atoms with Crippen LogP contribution in [0.25, 0.3) is 22.6 Å². The molecule has 7 heteroatoms. The highest BCUT2D eigenvalue weighted by atomic mass is 16.1. The van der Waals surface area contributed by atoms with Gasteiger partial charge in [0.05, 0.1) is 0 Å². The zero-order valence-electron chi connectivity index (χ0n) is 10.5. The van der Waals surface area contributed by atoms with Crippen LogP contribution < -0.4 is 16.6 Å². The van der Waals surface area contributed by atoms with E-state index in [1.165, 1.54) is 11.1 Å². The maximum Gasteiger partial charge on any atom is 0.278 e. The van der Waals surface area contributed by atoms with E-state index >= 15 is 0 Å². The van der Waals surface area contributed by atoms with E-state index in [0.29, 0.717) is 17.0 Å². The summed E-state index contributed by atoms with van der Waals surface area (Å²) in [4.78, 5) is 25.6. The van der Waals surface area contributed by atoms with Gasteiger partial charge >= 0.3 is 0 Å². The fraction of sp³-hybridized carbons (Fsp3) is 0.154. The van der Waals surface area contributed by atoms with Gasteiger partial charge < -0.3 is 16.0 Å². The van der Waals surface area contributed by atoms with Crippen molar-refractivity contribution in [2.45, 2.75) is 13.1 Å². The summed E-state index contributed by atoms with van der Waals surface area (Å²) in [6.07, 6.45) is 0. The largest absolute Gasteiger partial charge is 0.369 e. The Morgan fingerprint density at radius 1 is 1.10 bits per heavy atom. The Morgan fingerprint density at radius 3 is 2.85 bits per heavy atom. The van der Waals surface area contributed by atoms with Gasteiger partial charge in [-0.25, -0.2) is 4.98 Å². The second-order valence-corrected chi connectivity index (χ2v) is 4.82. The minimum atomic E-state index is -0.311. The minimum Gasteiger partial charge on any atom is -0.369 e. The first-order valence-corrected chi connectivity index (χ1v) is 6.29. The number of hydrogen-bond acceptors (Lipinski definition) is 5. The van der Waals surface area contributed by atoms with Crippen LogP contribution in [0.15, 0.2) is 23.0 Å². The lowest BCUT2D eigenvalue weighted by molar-refractivity contribution is 0.765. The first-order valence-electron chi connectivity index (χ1n) is 6.29. The van der Waals surface area contributed by atoms with Gasteiger partial charge in [-0.2, -0.15) is 4.98 Å². The summed E-state index contributed by atoms with van der Waals surface area (Å²) in [5, 5.41) is 3.30. The van der Waals surface area contributed by atoms with Crippen molar-refractivity contribution < 1.29 is 0 Å². The van der Waals surface area contributed by atoms with E-state index in [4.69, 9.17) is 5.73 Å². The van der Waals surface area contributed by atoms with E-state index in [9.17, 15) is 4.79 Å². The third-order valence-corrected chi connectivity index (χ3v) is 3.49. The molecule has 7 nitrogen and oxygen atoms in total. The lowest BCUT2D eigenvalue weighted by Crippen LogP contribution is -2.10. The van der Waals surface area contributed by atoms with Gasteiger partial charge in [0.25, 0.3) is 5.56 Å². The molecule has 2 aromatic heterocycles. The summed E-state index contributed by atoms with van der Waals surface area (Å²) in [6, 6.07) is 6.13. The number of H-pyrrole nitrogens is 2. The monoisotopic (exact) mass is 268 g/mol. The lowest BCUT2D eigenvalue weighted by Gasteiger charge is -2.00. The van der Waals surface area contributed by atoms with Gasteiger partial charge in [0.1, 0.15) is 5.82 Å². The summed E-state index contributed by atoms with van der Waals surface area (Å²) in [5.74, 6) is 0.692. The highest BCUT2D eigenvalue weighted by Crippen LogP contribution is 2.24. The van der Waals surface area contributed by atoms with Crippen molar-refractivity contribution in [2.24, 2.45) is 0 Å². The van der Waals surface area contributed by atoms with Crippen LogP contribution in [0.1, 0.15) is 11.1 Å². The van der Waals surface area contributed by atoms with Crippen LogP contribution in [0.5, 0.6) is 0 Å². The zero-order chi connectivity index (χ0) is 13.7. The van der Waals surface area contributed by atoms with Gasteiger partial charge in [0.15, 0.2) is 11.2 Å². The predicted octanol–water partition coefficient (Wildman–Crippen LogP) is 0.499. The van der Waals surface area contributed by atoms with Crippen LogP contribution in [-0.2, 0) is 13.1 Å². The maximum atomic E-state index is 11.8. The number of aromatic amines is 2. The number of anilines is 1. The molecule has 0 spiro atoms. The number of fused-ring (bicyclic) bond motifs is 2. The molecule has 1 aliphatic rings. The number of nitrogens with two attached hydrogens (primary N) is 1. The molecule has 20 heavy (non-hydrogen) atoms. The van der Waals surface area contributed by atoms with Gasteiger partial charge in [-0.15, -0.1) is 0 Å². The van der Waals surface area contributed by atoms with Gasteiger partial charge in [-0.05, 0) is 17.2 Å². The minimum absolute atomic E-state index is 0.0682. The van der Waals surface area contributed by atoms with Gasteiger partial charge in [-0.1, -0.05) is 12.1 Å². The average Bonchev–Trinajstić information content (AvgIpc) is 3.03. The number of aromatic nitrogens is 4. The van der Waals surface area contributed by atoms with Crippen molar-refractivity contribution in [3.8, 4) is 11.4 Å². The normalized spacial score (nSPS) is 13.8. The molecule has 0 saturated carbocycles. The molecule has 0 atom stereocenters. The lowest BCUT2D eigenvalue weighted by atomic mass is 10.1. The number of hydrogen-bond donors (Lipinski definition) is 4. The van der Waals surface area contributed by atoms with Gasteiger partial charge in [0.2, 0.25) is 5.95 Å². The van der Waals surface area contributed by atoms with Gasteiger partial charge in [-0.3, -0.25) is 9.78 Å². The number of imidazole rings is 1. The summed E-state index contributed by atoms with van der Waals surface area (Å²) in [6.45, 7) is 1.75. The van der Waals surface area contributed by atoms with Crippen LogP contribution in [0, 0.1) is 0 Å². The fourth-order valence-corrected chi connectivity index (χ4v) is 2.50. The molecule has 0 saturated heterocycles. The number of nitrogen functional groups attached to an aromatic ring is 1. The molecule has 0 radical (unpaired) electrons. The van der Waals surface area contributed by atoms with E-state index in [0.717, 1.165) is 18.7 Å². The molecule has 4 rings (SSSR count). The molecule has 100 valence electrons. The molecule has 1 aliphatic heterocycles. The second kappa shape index (κ2) is 3.91. The van der Waals surface area contributed by atoms with Crippen molar-refractivity contribution in [2.75, 3.05) is 5.73 Å². The van der Waals surface area contributed by atoms with Crippen LogP contribution in [-0.4, -0.2) is 19.9 Å². The van der Waals surface area contributed by atoms with Crippen LogP contribution >= 0.6 is 0 Å². The first kappa shape index (κ1) is 11.2. The van der Waals surface area contributed by atoms with Crippen molar-refractivity contribution >= 4 is 17.1 Å². The van der Waals surface area contributed by atoms with Gasteiger partial charge in [0, 0.05) is 18.7 Å². The molecule has 0 fully saturated rings. The summed E-state index contributed by atoms with van der Waals surface area (Å²) in [7, 11) is 0. The topological polar surface area (TPSA) is 112 Å². The van der Waals surface area contributed by atoms with Crippen molar-refractivity contribution in [1.82, 2.24) is 25.3 Å². The van der Waals surface area contributed by atoms with E-state index in [-0.39, 0.29) is 11.5 Å².